The number of aromatic nitrogens is 2. The molecule has 2 rings (SSSR count). The average Bonchev–Trinajstić information content (AvgIpc) is 2.60. The third-order valence-corrected chi connectivity index (χ3v) is 2.23. The zero-order valence-corrected chi connectivity index (χ0v) is 7.99. The highest BCUT2D eigenvalue weighted by Gasteiger charge is 2.13. The third kappa shape index (κ3) is 1.78. The highest BCUT2D eigenvalue weighted by Crippen LogP contribution is 2.23. The molecule has 1 heterocycles. The minimum atomic E-state index is -1.51. The summed E-state index contributed by atoms with van der Waals surface area (Å²) in [6, 6.07) is 1.64. The van der Waals surface area contributed by atoms with Gasteiger partial charge in [0.25, 0.3) is 0 Å². The van der Waals surface area contributed by atoms with Crippen LogP contribution in [0.3, 0.4) is 0 Å². The van der Waals surface area contributed by atoms with Gasteiger partial charge in [-0.2, -0.15) is 9.36 Å². The van der Waals surface area contributed by atoms with Gasteiger partial charge < -0.3 is 5.73 Å². The van der Waals surface area contributed by atoms with Crippen molar-refractivity contribution in [2.45, 2.75) is 0 Å². The fourth-order valence-corrected chi connectivity index (χ4v) is 1.49. The molecule has 0 unspecified atom stereocenters. The molecule has 78 valence electrons. The first-order valence-electron chi connectivity index (χ1n) is 3.82. The molecule has 0 fully saturated rings. The Morgan fingerprint density at radius 2 is 1.73 bits per heavy atom. The molecule has 0 aliphatic rings. The molecular formula is C8H4F3N3S. The zero-order valence-electron chi connectivity index (χ0n) is 7.17. The van der Waals surface area contributed by atoms with Crippen molar-refractivity contribution in [1.82, 2.24) is 9.36 Å². The molecule has 0 saturated heterocycles. The summed E-state index contributed by atoms with van der Waals surface area (Å²) in [7, 11) is 0. The minimum Gasteiger partial charge on any atom is -0.374 e. The Hall–Kier alpha value is -1.63. The summed E-state index contributed by atoms with van der Waals surface area (Å²) in [4.78, 5) is 3.72. The van der Waals surface area contributed by atoms with E-state index in [0.29, 0.717) is 0 Å². The SMILES string of the molecule is Nc1nc(-c2cc(F)c(F)c(F)c2)ns1. The molecule has 15 heavy (non-hydrogen) atoms. The topological polar surface area (TPSA) is 51.8 Å². The number of rotatable bonds is 1. The number of hydrogen-bond acceptors (Lipinski definition) is 4. The van der Waals surface area contributed by atoms with Crippen molar-refractivity contribution in [3.8, 4) is 11.4 Å². The molecule has 0 aliphatic heterocycles. The van der Waals surface area contributed by atoms with Crippen LogP contribution in [0.1, 0.15) is 0 Å². The van der Waals surface area contributed by atoms with Crippen molar-refractivity contribution in [3.63, 3.8) is 0 Å². The molecule has 3 nitrogen and oxygen atoms in total. The maximum Gasteiger partial charge on any atom is 0.200 e. The summed E-state index contributed by atoms with van der Waals surface area (Å²) in [6.45, 7) is 0. The summed E-state index contributed by atoms with van der Waals surface area (Å²) in [5.74, 6) is -3.99. The van der Waals surface area contributed by atoms with Crippen molar-refractivity contribution in [1.29, 1.82) is 0 Å². The number of anilines is 1. The lowest BCUT2D eigenvalue weighted by Crippen LogP contribution is -1.93. The number of hydrogen-bond donors (Lipinski definition) is 1. The highest BCUT2D eigenvalue weighted by atomic mass is 32.1. The number of nitrogens with two attached hydrogens (primary N) is 1. The Bertz CT molecular complexity index is 489. The van der Waals surface area contributed by atoms with E-state index >= 15 is 0 Å². The van der Waals surface area contributed by atoms with Crippen molar-refractivity contribution in [2.75, 3.05) is 5.73 Å². The second-order valence-electron chi connectivity index (χ2n) is 2.71. The van der Waals surface area contributed by atoms with Crippen molar-refractivity contribution >= 4 is 16.7 Å². The van der Waals surface area contributed by atoms with Crippen LogP contribution in [0.4, 0.5) is 18.3 Å². The maximum atomic E-state index is 12.8. The van der Waals surface area contributed by atoms with Gasteiger partial charge in [-0.3, -0.25) is 0 Å². The monoisotopic (exact) mass is 231 g/mol. The van der Waals surface area contributed by atoms with Crippen molar-refractivity contribution < 1.29 is 13.2 Å². The fraction of sp³-hybridized carbons (Fsp3) is 0. The fourth-order valence-electron chi connectivity index (χ4n) is 1.04. The van der Waals surface area contributed by atoms with E-state index in [1.54, 1.807) is 0 Å². The maximum absolute atomic E-state index is 12.8. The lowest BCUT2D eigenvalue weighted by atomic mass is 10.2. The van der Waals surface area contributed by atoms with Crippen LogP contribution in [0, 0.1) is 17.5 Å². The van der Waals surface area contributed by atoms with Crippen LogP contribution >= 0.6 is 11.5 Å². The van der Waals surface area contributed by atoms with Gasteiger partial charge in [-0.25, -0.2) is 13.2 Å². The van der Waals surface area contributed by atoms with Crippen LogP contribution in [-0.4, -0.2) is 9.36 Å². The Morgan fingerprint density at radius 1 is 1.13 bits per heavy atom. The average molecular weight is 231 g/mol. The van der Waals surface area contributed by atoms with Crippen LogP contribution in [0.5, 0.6) is 0 Å². The van der Waals surface area contributed by atoms with Crippen LogP contribution < -0.4 is 5.73 Å². The van der Waals surface area contributed by atoms with Crippen molar-refractivity contribution in [3.05, 3.63) is 29.6 Å². The van der Waals surface area contributed by atoms with E-state index in [4.69, 9.17) is 5.73 Å². The Labute approximate surface area is 86.5 Å². The summed E-state index contributed by atoms with van der Waals surface area (Å²) >= 11 is 0.893. The molecule has 0 spiro atoms. The largest absolute Gasteiger partial charge is 0.374 e. The van der Waals surface area contributed by atoms with E-state index in [2.05, 4.69) is 9.36 Å². The molecule has 1 aromatic carbocycles. The van der Waals surface area contributed by atoms with Gasteiger partial charge in [-0.05, 0) is 12.1 Å². The van der Waals surface area contributed by atoms with Crippen LogP contribution in [0.2, 0.25) is 0 Å². The van der Waals surface area contributed by atoms with Gasteiger partial charge in [0.1, 0.15) is 0 Å². The predicted molar refractivity (Wildman–Crippen MR) is 49.6 cm³/mol. The van der Waals surface area contributed by atoms with E-state index in [-0.39, 0.29) is 16.5 Å². The minimum absolute atomic E-state index is 0.0550. The summed E-state index contributed by atoms with van der Waals surface area (Å²) < 4.78 is 42.0. The number of halogens is 3. The van der Waals surface area contributed by atoms with Gasteiger partial charge in [-0.1, -0.05) is 0 Å². The Kier molecular flexibility index (Phi) is 2.31. The molecule has 2 N–H and O–H groups in total. The molecular weight excluding hydrogens is 227 g/mol. The van der Waals surface area contributed by atoms with Gasteiger partial charge in [-0.15, -0.1) is 0 Å². The van der Waals surface area contributed by atoms with Crippen LogP contribution in [0.15, 0.2) is 12.1 Å². The second-order valence-corrected chi connectivity index (χ2v) is 3.49. The van der Waals surface area contributed by atoms with Gasteiger partial charge in [0.2, 0.25) is 0 Å². The van der Waals surface area contributed by atoms with E-state index in [9.17, 15) is 13.2 Å². The summed E-state index contributed by atoms with van der Waals surface area (Å²) in [5.41, 5.74) is 5.36. The number of nitrogen functional groups attached to an aromatic ring is 1. The molecule has 0 bridgehead atoms. The van der Waals surface area contributed by atoms with Gasteiger partial charge >= 0.3 is 0 Å². The first-order chi connectivity index (χ1) is 7.08. The molecule has 0 saturated carbocycles. The van der Waals surface area contributed by atoms with Gasteiger partial charge in [0.05, 0.1) is 0 Å². The van der Waals surface area contributed by atoms with E-state index in [0.717, 1.165) is 23.7 Å². The number of benzene rings is 1. The Balaban J connectivity index is 2.55. The number of nitrogens with zero attached hydrogens (tertiary/aromatic N) is 2. The predicted octanol–water partition coefficient (Wildman–Crippen LogP) is 2.20. The van der Waals surface area contributed by atoms with E-state index < -0.39 is 17.5 Å². The standard InChI is InChI=1S/C8H4F3N3S/c9-4-1-3(2-5(10)6(4)11)7-13-8(12)15-14-7/h1-2H,(H2,12,13,14). The molecule has 2 aromatic rings. The molecule has 0 radical (unpaired) electrons. The molecule has 1 aromatic heterocycles. The quantitative estimate of drug-likeness (QED) is 0.765. The normalized spacial score (nSPS) is 10.6. The summed E-state index contributed by atoms with van der Waals surface area (Å²) in [5, 5.41) is 0.176. The van der Waals surface area contributed by atoms with E-state index in [1.165, 1.54) is 0 Å². The molecule has 0 aliphatic carbocycles. The van der Waals surface area contributed by atoms with Crippen LogP contribution in [0.25, 0.3) is 11.4 Å². The van der Waals surface area contributed by atoms with Gasteiger partial charge in [0, 0.05) is 17.1 Å². The Morgan fingerprint density at radius 3 is 2.20 bits per heavy atom. The summed E-state index contributed by atoms with van der Waals surface area (Å²) in [6.07, 6.45) is 0. The molecule has 0 amide bonds. The first-order valence-corrected chi connectivity index (χ1v) is 4.59. The van der Waals surface area contributed by atoms with Gasteiger partial charge in [0.15, 0.2) is 28.4 Å². The second kappa shape index (κ2) is 3.50. The zero-order chi connectivity index (χ0) is 11.0. The smallest absolute Gasteiger partial charge is 0.200 e. The molecule has 7 heteroatoms. The molecule has 0 atom stereocenters. The highest BCUT2D eigenvalue weighted by molar-refractivity contribution is 7.09. The van der Waals surface area contributed by atoms with E-state index in [1.807, 2.05) is 0 Å². The lowest BCUT2D eigenvalue weighted by molar-refractivity contribution is 0.447. The lowest BCUT2D eigenvalue weighted by Gasteiger charge is -1.98. The van der Waals surface area contributed by atoms with Crippen LogP contribution in [-0.2, 0) is 0 Å². The van der Waals surface area contributed by atoms with Crippen molar-refractivity contribution in [2.24, 2.45) is 0 Å². The third-order valence-electron chi connectivity index (χ3n) is 1.68. The first kappa shape index (κ1) is 9.91.